The van der Waals surface area contributed by atoms with E-state index in [1.165, 1.54) is 0 Å². The molecule has 0 spiro atoms. The zero-order valence-corrected chi connectivity index (χ0v) is 17.8. The first-order chi connectivity index (χ1) is 13.6. The van der Waals surface area contributed by atoms with Crippen molar-refractivity contribution >= 4 is 17.4 Å². The Bertz CT molecular complexity index is 815. The molecule has 0 unspecified atom stereocenters. The molecule has 0 bridgehead atoms. The molecular formula is C21H29ClN4O2. The highest BCUT2D eigenvalue weighted by Crippen LogP contribution is 2.33. The van der Waals surface area contributed by atoms with Crippen molar-refractivity contribution in [3.8, 4) is 17.0 Å². The van der Waals surface area contributed by atoms with Gasteiger partial charge in [0.25, 0.3) is 0 Å². The number of ether oxygens (including phenoxy) is 2. The van der Waals surface area contributed by atoms with E-state index in [4.69, 9.17) is 31.0 Å². The maximum Gasteiger partial charge on any atom is 0.148 e. The van der Waals surface area contributed by atoms with Crippen molar-refractivity contribution in [2.45, 2.75) is 45.8 Å². The Hall–Kier alpha value is -1.89. The summed E-state index contributed by atoms with van der Waals surface area (Å²) in [5, 5.41) is 7.56. The fraction of sp³-hybridized carbons (Fsp3) is 0.524. The van der Waals surface area contributed by atoms with Gasteiger partial charge in [0.2, 0.25) is 0 Å². The van der Waals surface area contributed by atoms with Gasteiger partial charge in [0.05, 0.1) is 41.4 Å². The quantitative estimate of drug-likeness (QED) is 0.698. The number of aromatic nitrogens is 2. The standard InChI is InChI=1S/C21H29ClN4O2/c1-5-16-20(14-9-8-13(27-4)10-15(14)22)24-17(6-2)21(25-16)26-18-11-23-12-19(18)28-7-3/h8-10,18-19,23H,5-7,11-12H2,1-4H3,(H,25,26)/t18-,19+/m1/s1. The molecule has 3 rings (SSSR count). The summed E-state index contributed by atoms with van der Waals surface area (Å²) in [7, 11) is 1.63. The summed E-state index contributed by atoms with van der Waals surface area (Å²) in [5.74, 6) is 1.57. The summed E-state index contributed by atoms with van der Waals surface area (Å²) in [6.45, 7) is 8.60. The summed E-state index contributed by atoms with van der Waals surface area (Å²) in [5.41, 5.74) is 3.57. The first-order valence-electron chi connectivity index (χ1n) is 9.93. The number of hydrogen-bond acceptors (Lipinski definition) is 6. The molecule has 2 atom stereocenters. The van der Waals surface area contributed by atoms with Crippen LogP contribution in [0, 0.1) is 0 Å². The second-order valence-electron chi connectivity index (χ2n) is 6.77. The zero-order valence-electron chi connectivity index (χ0n) is 17.0. The van der Waals surface area contributed by atoms with Crippen molar-refractivity contribution in [1.82, 2.24) is 15.3 Å². The summed E-state index contributed by atoms with van der Waals surface area (Å²) < 4.78 is 11.1. The van der Waals surface area contributed by atoms with Gasteiger partial charge in [0.15, 0.2) is 0 Å². The van der Waals surface area contributed by atoms with Gasteiger partial charge in [-0.25, -0.2) is 9.97 Å². The van der Waals surface area contributed by atoms with Crippen molar-refractivity contribution < 1.29 is 9.47 Å². The Morgan fingerprint density at radius 3 is 2.57 bits per heavy atom. The third kappa shape index (κ3) is 4.40. The van der Waals surface area contributed by atoms with E-state index < -0.39 is 0 Å². The van der Waals surface area contributed by atoms with Gasteiger partial charge < -0.3 is 20.1 Å². The molecule has 1 aliphatic rings. The van der Waals surface area contributed by atoms with Crippen molar-refractivity contribution in [3.63, 3.8) is 0 Å². The van der Waals surface area contributed by atoms with Crippen LogP contribution in [-0.4, -0.2) is 48.9 Å². The minimum atomic E-state index is 0.136. The van der Waals surface area contributed by atoms with Crippen LogP contribution in [0.5, 0.6) is 5.75 Å². The van der Waals surface area contributed by atoms with Crippen molar-refractivity contribution in [2.24, 2.45) is 0 Å². The molecular weight excluding hydrogens is 376 g/mol. The van der Waals surface area contributed by atoms with Gasteiger partial charge in [0.1, 0.15) is 11.6 Å². The molecule has 2 N–H and O–H groups in total. The molecule has 1 aromatic heterocycles. The van der Waals surface area contributed by atoms with Gasteiger partial charge in [-0.2, -0.15) is 0 Å². The molecule has 2 aromatic rings. The lowest BCUT2D eigenvalue weighted by atomic mass is 10.1. The van der Waals surface area contributed by atoms with Crippen LogP contribution in [0.3, 0.4) is 0 Å². The number of hydrogen-bond donors (Lipinski definition) is 2. The van der Waals surface area contributed by atoms with E-state index in [0.29, 0.717) is 11.6 Å². The topological polar surface area (TPSA) is 68.3 Å². The lowest BCUT2D eigenvalue weighted by molar-refractivity contribution is 0.0709. The number of rotatable bonds is 8. The number of nitrogens with one attached hydrogen (secondary N) is 2. The van der Waals surface area contributed by atoms with Crippen molar-refractivity contribution in [3.05, 3.63) is 34.6 Å². The van der Waals surface area contributed by atoms with Crippen LogP contribution in [0.4, 0.5) is 5.82 Å². The maximum absolute atomic E-state index is 6.51. The Labute approximate surface area is 172 Å². The van der Waals surface area contributed by atoms with E-state index in [1.54, 1.807) is 7.11 Å². The summed E-state index contributed by atoms with van der Waals surface area (Å²) in [6, 6.07) is 5.84. The molecule has 1 aliphatic heterocycles. The molecule has 1 saturated heterocycles. The number of nitrogens with zero attached hydrogens (tertiary/aromatic N) is 2. The van der Waals surface area contributed by atoms with Gasteiger partial charge in [-0.05, 0) is 38.0 Å². The Morgan fingerprint density at radius 1 is 1.14 bits per heavy atom. The SMILES string of the molecule is CCO[C@H]1CNC[C@H]1Nc1nc(CC)c(-c2ccc(OC)cc2Cl)nc1CC. The molecule has 0 amide bonds. The molecule has 1 fully saturated rings. The average Bonchev–Trinajstić information content (AvgIpc) is 3.14. The second-order valence-corrected chi connectivity index (χ2v) is 7.18. The Morgan fingerprint density at radius 2 is 1.93 bits per heavy atom. The van der Waals surface area contributed by atoms with E-state index in [9.17, 15) is 0 Å². The van der Waals surface area contributed by atoms with Gasteiger partial charge in [0, 0.05) is 25.3 Å². The third-order valence-electron chi connectivity index (χ3n) is 5.00. The van der Waals surface area contributed by atoms with E-state index in [0.717, 1.165) is 60.1 Å². The number of aryl methyl sites for hydroxylation is 2. The van der Waals surface area contributed by atoms with Gasteiger partial charge in [-0.1, -0.05) is 25.4 Å². The second kappa shape index (κ2) is 9.54. The smallest absolute Gasteiger partial charge is 0.148 e. The third-order valence-corrected chi connectivity index (χ3v) is 5.32. The molecule has 1 aromatic carbocycles. The van der Waals surface area contributed by atoms with Gasteiger partial charge >= 0.3 is 0 Å². The first-order valence-corrected chi connectivity index (χ1v) is 10.3. The van der Waals surface area contributed by atoms with Crippen LogP contribution in [0.2, 0.25) is 5.02 Å². The van der Waals surface area contributed by atoms with E-state index in [1.807, 2.05) is 25.1 Å². The predicted molar refractivity (Wildman–Crippen MR) is 113 cm³/mol. The molecule has 0 saturated carbocycles. The van der Waals surface area contributed by atoms with Crippen molar-refractivity contribution in [1.29, 1.82) is 0 Å². The lowest BCUT2D eigenvalue weighted by Gasteiger charge is -2.22. The fourth-order valence-corrected chi connectivity index (χ4v) is 3.77. The summed E-state index contributed by atoms with van der Waals surface area (Å²) >= 11 is 6.51. The highest BCUT2D eigenvalue weighted by atomic mass is 35.5. The van der Waals surface area contributed by atoms with Crippen LogP contribution in [0.15, 0.2) is 18.2 Å². The summed E-state index contributed by atoms with van der Waals surface area (Å²) in [6.07, 6.45) is 1.68. The zero-order chi connectivity index (χ0) is 20.1. The molecule has 28 heavy (non-hydrogen) atoms. The fourth-order valence-electron chi connectivity index (χ4n) is 3.51. The number of halogens is 1. The minimum Gasteiger partial charge on any atom is -0.497 e. The van der Waals surface area contributed by atoms with Crippen LogP contribution in [0.1, 0.15) is 32.2 Å². The van der Waals surface area contributed by atoms with Crippen LogP contribution < -0.4 is 15.4 Å². The molecule has 6 nitrogen and oxygen atoms in total. The maximum atomic E-state index is 6.51. The predicted octanol–water partition coefficient (Wildman–Crippen LogP) is 3.72. The largest absolute Gasteiger partial charge is 0.497 e. The molecule has 2 heterocycles. The number of methoxy groups -OCH3 is 1. The number of benzene rings is 1. The van der Waals surface area contributed by atoms with Crippen LogP contribution in [0.25, 0.3) is 11.3 Å². The van der Waals surface area contributed by atoms with Gasteiger partial charge in [-0.15, -0.1) is 0 Å². The number of anilines is 1. The summed E-state index contributed by atoms with van der Waals surface area (Å²) in [4.78, 5) is 9.88. The highest BCUT2D eigenvalue weighted by Gasteiger charge is 2.29. The Balaban J connectivity index is 1.96. The molecule has 0 aliphatic carbocycles. The minimum absolute atomic E-state index is 0.136. The Kier molecular flexibility index (Phi) is 7.10. The molecule has 7 heteroatoms. The van der Waals surface area contributed by atoms with E-state index in [-0.39, 0.29) is 12.1 Å². The lowest BCUT2D eigenvalue weighted by Crippen LogP contribution is -2.35. The molecule has 152 valence electrons. The van der Waals surface area contributed by atoms with Crippen LogP contribution >= 0.6 is 11.6 Å². The van der Waals surface area contributed by atoms with Crippen LogP contribution in [-0.2, 0) is 17.6 Å². The monoisotopic (exact) mass is 404 g/mol. The van der Waals surface area contributed by atoms with E-state index >= 15 is 0 Å². The highest BCUT2D eigenvalue weighted by molar-refractivity contribution is 6.33. The van der Waals surface area contributed by atoms with Crippen molar-refractivity contribution in [2.75, 3.05) is 32.1 Å². The van der Waals surface area contributed by atoms with Gasteiger partial charge in [-0.3, -0.25) is 0 Å². The first kappa shape index (κ1) is 20.8. The van der Waals surface area contributed by atoms with E-state index in [2.05, 4.69) is 24.5 Å². The normalized spacial score (nSPS) is 19.0. The molecule has 0 radical (unpaired) electrons. The average molecular weight is 405 g/mol.